The van der Waals surface area contributed by atoms with Crippen LogP contribution in [0.5, 0.6) is 0 Å². The van der Waals surface area contributed by atoms with Gasteiger partial charge in [0.05, 0.1) is 6.42 Å². The van der Waals surface area contributed by atoms with E-state index in [1.165, 1.54) is 0 Å². The van der Waals surface area contributed by atoms with Gasteiger partial charge >= 0.3 is 16.4 Å². The largest absolute Gasteiger partial charge is 0.480 e. The van der Waals surface area contributed by atoms with Crippen molar-refractivity contribution >= 4 is 22.3 Å². The van der Waals surface area contributed by atoms with Gasteiger partial charge < -0.3 is 40.2 Å². The van der Waals surface area contributed by atoms with E-state index in [9.17, 15) is 9.59 Å². The molecule has 0 radical (unpaired) electrons. The van der Waals surface area contributed by atoms with Gasteiger partial charge in [0.15, 0.2) is 0 Å². The number of carboxylic acid groups (broad SMARTS) is 1. The molecule has 0 saturated heterocycles. The van der Waals surface area contributed by atoms with Crippen molar-refractivity contribution in [1.82, 2.24) is 18.5 Å². The monoisotopic (exact) mass is 344 g/mol. The molecule has 0 spiro atoms. The van der Waals surface area contributed by atoms with Crippen LogP contribution in [0.15, 0.2) is 0 Å². The van der Waals surface area contributed by atoms with Crippen molar-refractivity contribution in [3.05, 3.63) is 10.1 Å². The average Bonchev–Trinajstić information content (AvgIpc) is 1.97. The Bertz CT molecular complexity index is 371. The second kappa shape index (κ2) is 17.8. The summed E-state index contributed by atoms with van der Waals surface area (Å²) >= 11 is 0. The van der Waals surface area contributed by atoms with Crippen molar-refractivity contribution < 1.29 is 42.5 Å². The van der Waals surface area contributed by atoms with E-state index in [-0.39, 0.29) is 24.9 Å². The molecule has 0 unspecified atom stereocenters. The van der Waals surface area contributed by atoms with E-state index in [0.717, 1.165) is 0 Å². The zero-order valence-electron chi connectivity index (χ0n) is 10.7. The van der Waals surface area contributed by atoms with Gasteiger partial charge in [-0.05, 0) is 0 Å². The Morgan fingerprint density at radius 1 is 1.19 bits per heavy atom. The van der Waals surface area contributed by atoms with Crippen LogP contribution in [0.2, 0.25) is 0 Å². The number of nitrogens with zero attached hydrogens (tertiary/aromatic N) is 1. The minimum absolute atomic E-state index is 0. The fourth-order valence-electron chi connectivity index (χ4n) is 0.304. The molecule has 1 atom stereocenters. The summed E-state index contributed by atoms with van der Waals surface area (Å²) in [5.74, 6) is -1.92. The normalized spacial score (nSPS) is 9.29. The number of carboxylic acids is 1. The Morgan fingerprint density at radius 3 is 1.43 bits per heavy atom. The van der Waals surface area contributed by atoms with Gasteiger partial charge in [-0.25, -0.2) is 0 Å². The second-order valence-corrected chi connectivity index (χ2v) is 3.20. The number of carbonyl (C=O) groups is 2. The molecule has 0 aliphatic rings. The molecule has 17 N–H and O–H groups in total. The van der Waals surface area contributed by atoms with E-state index in [0.29, 0.717) is 0 Å². The highest BCUT2D eigenvalue weighted by Gasteiger charge is 2.13. The lowest BCUT2D eigenvalue weighted by Crippen LogP contribution is -2.34. The number of amides is 1. The number of hydrogen-bond acceptors (Lipinski definition) is 10. The van der Waals surface area contributed by atoms with Crippen molar-refractivity contribution in [2.24, 2.45) is 11.5 Å². The Morgan fingerprint density at radius 2 is 1.38 bits per heavy atom. The first-order chi connectivity index (χ1) is 7.77. The van der Waals surface area contributed by atoms with E-state index in [4.69, 9.17) is 43.7 Å². The first-order valence-electron chi connectivity index (χ1n) is 3.57. The Balaban J connectivity index is -0.0000000410. The summed E-state index contributed by atoms with van der Waals surface area (Å²) < 4.78 is 31.6. The van der Waals surface area contributed by atoms with Gasteiger partial charge in [-0.1, -0.05) is 0 Å². The highest BCUT2D eigenvalue weighted by Crippen LogP contribution is 1.84. The number of nitrogens with two attached hydrogens (primary N) is 2. The van der Waals surface area contributed by atoms with Crippen molar-refractivity contribution in [1.29, 1.82) is 0 Å². The molecule has 0 rings (SSSR count). The van der Waals surface area contributed by atoms with E-state index >= 15 is 0 Å². The van der Waals surface area contributed by atoms with Crippen LogP contribution < -0.4 is 29.9 Å². The summed E-state index contributed by atoms with van der Waals surface area (Å²) in [5, 5.41) is 21.7. The van der Waals surface area contributed by atoms with Gasteiger partial charge in [0.1, 0.15) is 6.04 Å². The molecule has 0 aliphatic carbocycles. The summed E-state index contributed by atoms with van der Waals surface area (Å²) in [6.45, 7) is 0. The molecule has 0 aromatic rings. The lowest BCUT2D eigenvalue weighted by Gasteiger charge is -1.99. The van der Waals surface area contributed by atoms with Crippen molar-refractivity contribution in [2.45, 2.75) is 12.5 Å². The molecular formula is C4H20N6O10S. The molecule has 0 aliphatic heterocycles. The van der Waals surface area contributed by atoms with Crippen LogP contribution >= 0.6 is 0 Å². The van der Waals surface area contributed by atoms with E-state index < -0.39 is 33.4 Å². The molecule has 21 heavy (non-hydrogen) atoms. The Kier molecular flexibility index (Phi) is 30.9. The maximum atomic E-state index is 9.99. The molecule has 0 fully saturated rings. The summed E-state index contributed by atoms with van der Waals surface area (Å²) in [4.78, 5) is 28.3. The van der Waals surface area contributed by atoms with Gasteiger partial charge in [0.2, 0.25) is 5.91 Å². The van der Waals surface area contributed by atoms with Crippen LogP contribution in [0.1, 0.15) is 6.42 Å². The maximum Gasteiger partial charge on any atom is 0.394 e. The number of rotatable bonds is 3. The Labute approximate surface area is 118 Å². The van der Waals surface area contributed by atoms with Crippen LogP contribution in [0, 0.1) is 10.1 Å². The average molecular weight is 344 g/mol. The topological polar surface area (TPSA) is 349 Å². The third kappa shape index (κ3) is 131. The zero-order valence-corrected chi connectivity index (χ0v) is 11.5. The van der Waals surface area contributed by atoms with Crippen LogP contribution in [-0.2, 0) is 20.0 Å². The van der Waals surface area contributed by atoms with E-state index in [1.54, 1.807) is 0 Å². The molecule has 1 amide bonds. The minimum atomic E-state index is -4.67. The fraction of sp³-hybridized carbons (Fsp3) is 0.500. The summed E-state index contributed by atoms with van der Waals surface area (Å²) in [6, 6.07) is -1.16. The quantitative estimate of drug-likeness (QED) is 0.148. The number of hydrogen-bond donors (Lipinski definition) is 9. The fourth-order valence-corrected chi connectivity index (χ4v) is 0.304. The first kappa shape index (κ1) is 36.4. The van der Waals surface area contributed by atoms with Crippen molar-refractivity contribution in [2.75, 3.05) is 0 Å². The van der Waals surface area contributed by atoms with Crippen LogP contribution in [0.25, 0.3) is 0 Å². The third-order valence-electron chi connectivity index (χ3n) is 0.738. The number of carbonyl (C=O) groups excluding carboxylic acids is 1. The SMILES string of the molecule is N.N.N.NC(=O)C[C@H](N)C(=O)O.O=S(=O)(O)O.O=[N+]([O-])O. The van der Waals surface area contributed by atoms with Gasteiger partial charge in [-0.3, -0.25) is 18.7 Å². The maximum absolute atomic E-state index is 9.99. The zero-order chi connectivity index (χ0) is 15.5. The molecule has 0 heterocycles. The lowest BCUT2D eigenvalue weighted by atomic mass is 10.2. The molecule has 0 saturated carbocycles. The predicted molar refractivity (Wildman–Crippen MR) is 67.4 cm³/mol. The van der Waals surface area contributed by atoms with Crippen LogP contribution in [-0.4, -0.2) is 50.8 Å². The molecule has 0 aromatic heterocycles. The smallest absolute Gasteiger partial charge is 0.394 e. The summed E-state index contributed by atoms with van der Waals surface area (Å²) in [6.07, 6.45) is -0.310. The summed E-state index contributed by atoms with van der Waals surface area (Å²) in [7, 11) is -4.67. The number of aliphatic carboxylic acids is 1. The third-order valence-corrected chi connectivity index (χ3v) is 0.738. The van der Waals surface area contributed by atoms with Gasteiger partial charge in [0, 0.05) is 0 Å². The Hall–Kier alpha value is -2.15. The number of primary amides is 1. The first-order valence-corrected chi connectivity index (χ1v) is 4.96. The lowest BCUT2D eigenvalue weighted by molar-refractivity contribution is -0.742. The van der Waals surface area contributed by atoms with Gasteiger partial charge in [-0.2, -0.15) is 8.42 Å². The van der Waals surface area contributed by atoms with E-state index in [2.05, 4.69) is 5.73 Å². The molecule has 0 aromatic carbocycles. The second-order valence-electron chi connectivity index (χ2n) is 2.30. The van der Waals surface area contributed by atoms with Crippen molar-refractivity contribution in [3.63, 3.8) is 0 Å². The minimum Gasteiger partial charge on any atom is -0.480 e. The molecular weight excluding hydrogens is 324 g/mol. The highest BCUT2D eigenvalue weighted by atomic mass is 32.3. The van der Waals surface area contributed by atoms with Gasteiger partial charge in [0.25, 0.3) is 5.09 Å². The van der Waals surface area contributed by atoms with Crippen molar-refractivity contribution in [3.8, 4) is 0 Å². The molecule has 0 bridgehead atoms. The van der Waals surface area contributed by atoms with Crippen LogP contribution in [0.4, 0.5) is 0 Å². The standard InChI is InChI=1S/C4H8N2O3.HNO3.3H3N.H2O4S/c5-2(4(8)9)1-3(6)7;2-1(3)4;;;;1-5(2,3)4/h2H,1,5H2,(H2,6,7)(H,8,9);(H,2,3,4);3*1H3;(H2,1,2,3,4)/t2-;;;;;/m0...../s1. The van der Waals surface area contributed by atoms with Crippen LogP contribution in [0.3, 0.4) is 0 Å². The molecule has 17 heteroatoms. The molecule has 16 nitrogen and oxygen atoms in total. The highest BCUT2D eigenvalue weighted by molar-refractivity contribution is 7.79. The van der Waals surface area contributed by atoms with Gasteiger partial charge in [-0.15, -0.1) is 10.1 Å². The summed E-state index contributed by atoms with van der Waals surface area (Å²) in [5.41, 5.74) is 9.57. The van der Waals surface area contributed by atoms with E-state index in [1.807, 2.05) is 0 Å². The molecule has 132 valence electrons. The predicted octanol–water partition coefficient (Wildman–Crippen LogP) is -2.24.